The van der Waals surface area contributed by atoms with Gasteiger partial charge in [-0.15, -0.1) is 0 Å². The van der Waals surface area contributed by atoms with E-state index < -0.39 is 0 Å². The molecule has 2 aromatic rings. The zero-order valence-corrected chi connectivity index (χ0v) is 12.8. The van der Waals surface area contributed by atoms with Crippen LogP contribution in [0, 0.1) is 12.7 Å². The third kappa shape index (κ3) is 3.58. The van der Waals surface area contributed by atoms with E-state index in [9.17, 15) is 4.39 Å². The van der Waals surface area contributed by atoms with Gasteiger partial charge in [0.15, 0.2) is 0 Å². The molecule has 1 aromatic heterocycles. The van der Waals surface area contributed by atoms with Gasteiger partial charge in [0.25, 0.3) is 0 Å². The summed E-state index contributed by atoms with van der Waals surface area (Å²) >= 11 is 0. The first-order valence-electron chi connectivity index (χ1n) is 7.22. The minimum Gasteiger partial charge on any atom is -0.367 e. The van der Waals surface area contributed by atoms with Crippen molar-refractivity contribution in [3.05, 3.63) is 59.2 Å². The summed E-state index contributed by atoms with van der Waals surface area (Å²) in [5.41, 5.74) is 9.67. The zero-order valence-electron chi connectivity index (χ0n) is 12.8. The molecule has 1 aromatic carbocycles. The largest absolute Gasteiger partial charge is 0.367 e. The van der Waals surface area contributed by atoms with Gasteiger partial charge < -0.3 is 10.6 Å². The number of halogens is 1. The van der Waals surface area contributed by atoms with Crippen LogP contribution >= 0.6 is 0 Å². The summed E-state index contributed by atoms with van der Waals surface area (Å²) in [6, 6.07) is 7.22. The van der Waals surface area contributed by atoms with Gasteiger partial charge in [0.05, 0.1) is 0 Å². The number of hydrogen-bond donors (Lipinski definition) is 1. The Morgan fingerprint density at radius 1 is 1.29 bits per heavy atom. The van der Waals surface area contributed by atoms with E-state index in [-0.39, 0.29) is 11.9 Å². The predicted octanol–water partition coefficient (Wildman–Crippen LogP) is 3.58. The van der Waals surface area contributed by atoms with Gasteiger partial charge in [-0.1, -0.05) is 0 Å². The quantitative estimate of drug-likeness (QED) is 0.914. The normalized spacial score (nSPS) is 12.2. The summed E-state index contributed by atoms with van der Waals surface area (Å²) < 4.78 is 13.8. The fraction of sp³-hybridized carbons (Fsp3) is 0.353. The average Bonchev–Trinajstić information content (AvgIpc) is 2.48. The Labute approximate surface area is 125 Å². The van der Waals surface area contributed by atoms with Gasteiger partial charge in [0.2, 0.25) is 0 Å². The zero-order chi connectivity index (χ0) is 15.4. The number of pyridine rings is 1. The summed E-state index contributed by atoms with van der Waals surface area (Å²) in [6.07, 6.45) is 3.57. The second kappa shape index (κ2) is 6.68. The van der Waals surface area contributed by atoms with Gasteiger partial charge >= 0.3 is 0 Å². The van der Waals surface area contributed by atoms with E-state index in [4.69, 9.17) is 5.73 Å². The van der Waals surface area contributed by atoms with Gasteiger partial charge in [0, 0.05) is 37.2 Å². The molecule has 0 fully saturated rings. The van der Waals surface area contributed by atoms with E-state index >= 15 is 0 Å². The average molecular weight is 287 g/mol. The standard InChI is InChI=1S/C17H22FN3/c1-4-21(11-14-5-7-20-8-6-14)17-9-12(2)16(18)10-15(17)13(3)19/h5-10,13H,4,11,19H2,1-3H3/t13-/m1/s1. The summed E-state index contributed by atoms with van der Waals surface area (Å²) in [5.74, 6) is -0.203. The first-order chi connectivity index (χ1) is 10.0. The second-order valence-electron chi connectivity index (χ2n) is 5.32. The molecule has 2 N–H and O–H groups in total. The van der Waals surface area contributed by atoms with Crippen LogP contribution in [0.15, 0.2) is 36.7 Å². The summed E-state index contributed by atoms with van der Waals surface area (Å²) in [5, 5.41) is 0. The van der Waals surface area contributed by atoms with E-state index in [1.807, 2.05) is 25.1 Å². The lowest BCUT2D eigenvalue weighted by molar-refractivity contribution is 0.612. The number of nitrogens with two attached hydrogens (primary N) is 1. The number of rotatable bonds is 5. The fourth-order valence-corrected chi connectivity index (χ4v) is 2.40. The van der Waals surface area contributed by atoms with Crippen LogP contribution in [0.1, 0.15) is 36.6 Å². The monoisotopic (exact) mass is 287 g/mol. The van der Waals surface area contributed by atoms with E-state index in [1.165, 1.54) is 5.56 Å². The number of aromatic nitrogens is 1. The van der Waals surface area contributed by atoms with E-state index in [0.29, 0.717) is 5.56 Å². The van der Waals surface area contributed by atoms with Crippen molar-refractivity contribution in [1.29, 1.82) is 0 Å². The lowest BCUT2D eigenvalue weighted by Gasteiger charge is -2.27. The van der Waals surface area contributed by atoms with Crippen LogP contribution in [0.5, 0.6) is 0 Å². The first kappa shape index (κ1) is 15.4. The Balaban J connectivity index is 2.39. The van der Waals surface area contributed by atoms with Crippen molar-refractivity contribution in [2.75, 3.05) is 11.4 Å². The molecule has 0 bridgehead atoms. The van der Waals surface area contributed by atoms with Gasteiger partial charge in [-0.25, -0.2) is 4.39 Å². The molecule has 1 heterocycles. The van der Waals surface area contributed by atoms with Crippen molar-refractivity contribution in [3.63, 3.8) is 0 Å². The molecule has 0 saturated heterocycles. The summed E-state index contributed by atoms with van der Waals surface area (Å²) in [6.45, 7) is 7.33. The van der Waals surface area contributed by atoms with Crippen molar-refractivity contribution in [2.45, 2.75) is 33.4 Å². The lowest BCUT2D eigenvalue weighted by Crippen LogP contribution is -2.25. The first-order valence-corrected chi connectivity index (χ1v) is 7.22. The molecule has 112 valence electrons. The highest BCUT2D eigenvalue weighted by Crippen LogP contribution is 2.29. The second-order valence-corrected chi connectivity index (χ2v) is 5.32. The SMILES string of the molecule is CCN(Cc1ccncc1)c1cc(C)c(F)cc1[C@@H](C)N. The molecule has 3 nitrogen and oxygen atoms in total. The van der Waals surface area contributed by atoms with Crippen molar-refractivity contribution in [3.8, 4) is 0 Å². The molecule has 0 spiro atoms. The number of hydrogen-bond acceptors (Lipinski definition) is 3. The molecule has 0 radical (unpaired) electrons. The molecule has 0 amide bonds. The van der Waals surface area contributed by atoms with Crippen LogP contribution in [-0.2, 0) is 6.54 Å². The van der Waals surface area contributed by atoms with E-state index in [2.05, 4.69) is 16.8 Å². The van der Waals surface area contributed by atoms with Crippen molar-refractivity contribution < 1.29 is 4.39 Å². The molecule has 1 atom stereocenters. The van der Waals surface area contributed by atoms with Crippen LogP contribution in [0.25, 0.3) is 0 Å². The maximum atomic E-state index is 13.8. The molecule has 21 heavy (non-hydrogen) atoms. The van der Waals surface area contributed by atoms with Crippen LogP contribution < -0.4 is 10.6 Å². The van der Waals surface area contributed by atoms with Crippen LogP contribution in [0.4, 0.5) is 10.1 Å². The molecular formula is C17H22FN3. The Hall–Kier alpha value is -1.94. The molecule has 0 aliphatic carbocycles. The van der Waals surface area contributed by atoms with E-state index in [0.717, 1.165) is 24.3 Å². The highest BCUT2D eigenvalue weighted by atomic mass is 19.1. The van der Waals surface area contributed by atoms with Crippen molar-refractivity contribution in [2.24, 2.45) is 5.73 Å². The highest BCUT2D eigenvalue weighted by molar-refractivity contribution is 5.57. The molecule has 0 saturated carbocycles. The molecular weight excluding hydrogens is 265 g/mol. The van der Waals surface area contributed by atoms with E-state index in [1.54, 1.807) is 25.4 Å². The van der Waals surface area contributed by atoms with Crippen LogP contribution in [0.3, 0.4) is 0 Å². The fourth-order valence-electron chi connectivity index (χ4n) is 2.40. The molecule has 0 aliphatic rings. The third-order valence-corrected chi connectivity index (χ3v) is 3.64. The van der Waals surface area contributed by atoms with Gasteiger partial charge in [0.1, 0.15) is 5.82 Å². The third-order valence-electron chi connectivity index (χ3n) is 3.64. The Bertz CT molecular complexity index is 596. The molecule has 2 rings (SSSR count). The number of benzene rings is 1. The van der Waals surface area contributed by atoms with Crippen molar-refractivity contribution >= 4 is 5.69 Å². The van der Waals surface area contributed by atoms with Crippen LogP contribution in [-0.4, -0.2) is 11.5 Å². The molecule has 0 unspecified atom stereocenters. The summed E-state index contributed by atoms with van der Waals surface area (Å²) in [4.78, 5) is 6.24. The predicted molar refractivity (Wildman–Crippen MR) is 84.7 cm³/mol. The minimum absolute atomic E-state index is 0.203. The lowest BCUT2D eigenvalue weighted by atomic mass is 10.0. The smallest absolute Gasteiger partial charge is 0.126 e. The van der Waals surface area contributed by atoms with Gasteiger partial charge in [-0.2, -0.15) is 0 Å². The molecule has 0 aliphatic heterocycles. The summed E-state index contributed by atoms with van der Waals surface area (Å²) in [7, 11) is 0. The minimum atomic E-state index is -0.207. The van der Waals surface area contributed by atoms with Gasteiger partial charge in [-0.05, 0) is 61.7 Å². The Kier molecular flexibility index (Phi) is 4.91. The van der Waals surface area contributed by atoms with Crippen LogP contribution in [0.2, 0.25) is 0 Å². The maximum absolute atomic E-state index is 13.8. The maximum Gasteiger partial charge on any atom is 0.126 e. The topological polar surface area (TPSA) is 42.2 Å². The number of anilines is 1. The number of nitrogens with zero attached hydrogens (tertiary/aromatic N) is 2. The molecule has 4 heteroatoms. The van der Waals surface area contributed by atoms with Crippen molar-refractivity contribution in [1.82, 2.24) is 4.98 Å². The Morgan fingerprint density at radius 2 is 1.95 bits per heavy atom. The number of aryl methyl sites for hydroxylation is 1. The van der Waals surface area contributed by atoms with Gasteiger partial charge in [-0.3, -0.25) is 4.98 Å². The highest BCUT2D eigenvalue weighted by Gasteiger charge is 2.16. The Morgan fingerprint density at radius 3 is 2.52 bits per heavy atom.